The molecule has 1 aliphatic heterocycles. The van der Waals surface area contributed by atoms with Crippen molar-refractivity contribution in [2.75, 3.05) is 17.2 Å². The highest BCUT2D eigenvalue weighted by Crippen LogP contribution is 2.36. The van der Waals surface area contributed by atoms with Gasteiger partial charge in [0, 0.05) is 35.6 Å². The van der Waals surface area contributed by atoms with Crippen molar-refractivity contribution in [2.24, 2.45) is 5.73 Å². The Balaban J connectivity index is 1.50. The number of nitrogens with one attached hydrogen (secondary N) is 2. The minimum Gasteiger partial charge on any atom is -0.494 e. The highest BCUT2D eigenvalue weighted by molar-refractivity contribution is 6.07. The first-order chi connectivity index (χ1) is 17.9. The molecular formula is C27H25FN6O3. The van der Waals surface area contributed by atoms with E-state index in [-0.39, 0.29) is 33.8 Å². The van der Waals surface area contributed by atoms with Crippen LogP contribution >= 0.6 is 0 Å². The molecule has 4 aromatic rings. The number of hydrogen-bond donors (Lipinski definition) is 3. The average Bonchev–Trinajstić information content (AvgIpc) is 3.13. The molecule has 10 heteroatoms. The molecule has 2 aromatic carbocycles. The van der Waals surface area contributed by atoms with Gasteiger partial charge >= 0.3 is 0 Å². The van der Waals surface area contributed by atoms with E-state index in [1.807, 2.05) is 31.2 Å². The van der Waals surface area contributed by atoms with Crippen molar-refractivity contribution in [1.29, 1.82) is 0 Å². The van der Waals surface area contributed by atoms with Crippen LogP contribution in [0, 0.1) is 12.7 Å². The number of amides is 2. The number of ether oxygens (including phenoxy) is 1. The summed E-state index contributed by atoms with van der Waals surface area (Å²) in [5, 5.41) is 10.5. The van der Waals surface area contributed by atoms with Gasteiger partial charge in [0.05, 0.1) is 6.61 Å². The van der Waals surface area contributed by atoms with E-state index in [9.17, 15) is 9.59 Å². The van der Waals surface area contributed by atoms with E-state index in [2.05, 4.69) is 20.7 Å². The lowest BCUT2D eigenvalue weighted by molar-refractivity contribution is 0.0998. The van der Waals surface area contributed by atoms with Crippen LogP contribution in [0.25, 0.3) is 11.3 Å². The van der Waals surface area contributed by atoms with Crippen molar-refractivity contribution in [3.8, 4) is 17.0 Å². The van der Waals surface area contributed by atoms with Crippen molar-refractivity contribution in [2.45, 2.75) is 26.8 Å². The first-order valence-corrected chi connectivity index (χ1v) is 11.8. The third-order valence-corrected chi connectivity index (χ3v) is 6.23. The lowest BCUT2D eigenvalue weighted by Gasteiger charge is -2.12. The number of pyridine rings is 1. The molecule has 0 bridgehead atoms. The number of fused-ring (bicyclic) bond motifs is 2. The van der Waals surface area contributed by atoms with E-state index in [1.165, 1.54) is 25.3 Å². The quantitative estimate of drug-likeness (QED) is 0.360. The lowest BCUT2D eigenvalue weighted by atomic mass is 9.99. The van der Waals surface area contributed by atoms with Gasteiger partial charge in [-0.1, -0.05) is 18.2 Å². The number of aromatic nitrogens is 3. The molecule has 2 aromatic heterocycles. The summed E-state index contributed by atoms with van der Waals surface area (Å²) in [6.07, 6.45) is 2.19. The summed E-state index contributed by atoms with van der Waals surface area (Å²) >= 11 is 0. The van der Waals surface area contributed by atoms with Crippen molar-refractivity contribution < 1.29 is 18.7 Å². The predicted molar refractivity (Wildman–Crippen MR) is 138 cm³/mol. The third-order valence-electron chi connectivity index (χ3n) is 6.23. The summed E-state index contributed by atoms with van der Waals surface area (Å²) in [7, 11) is 0. The fourth-order valence-corrected chi connectivity index (χ4v) is 4.42. The largest absolute Gasteiger partial charge is 0.494 e. The molecular weight excluding hydrogens is 475 g/mol. The molecule has 3 heterocycles. The van der Waals surface area contributed by atoms with Gasteiger partial charge in [-0.05, 0) is 55.7 Å². The van der Waals surface area contributed by atoms with E-state index >= 15 is 4.39 Å². The second-order valence-electron chi connectivity index (χ2n) is 8.56. The Morgan fingerprint density at radius 3 is 2.81 bits per heavy atom. The summed E-state index contributed by atoms with van der Waals surface area (Å²) < 4.78 is 22.8. The second-order valence-corrected chi connectivity index (χ2v) is 8.56. The van der Waals surface area contributed by atoms with Crippen molar-refractivity contribution >= 4 is 29.1 Å². The zero-order valence-corrected chi connectivity index (χ0v) is 20.3. The Hall–Kier alpha value is -4.73. The number of hydrogen-bond acceptors (Lipinski definition) is 6. The maximum Gasteiger partial charge on any atom is 0.257 e. The van der Waals surface area contributed by atoms with Gasteiger partial charge in [0.25, 0.3) is 11.8 Å². The number of rotatable bonds is 6. The van der Waals surface area contributed by atoms with Crippen LogP contribution in [0.4, 0.5) is 21.7 Å². The SMILES string of the molecule is CCOc1ccnc(NC(=O)c2ccc(-c3nn4c(c3C(N)=O)Nc3ccccc3CC4)c(F)c2C)c1. The molecule has 37 heavy (non-hydrogen) atoms. The standard InChI is InChI=1S/C27H25FN6O3/c1-3-37-17-10-12-30-21(14-17)32-27(36)18-8-9-19(23(28)15(18)2)24-22(25(29)35)26-31-20-7-5-4-6-16(20)11-13-34(26)33-24/h4-10,12,14,31H,3,11,13H2,1-2H3,(H2,29,35)(H,30,32,36). The molecule has 0 saturated heterocycles. The average molecular weight is 501 g/mol. The number of benzene rings is 2. The molecule has 4 N–H and O–H groups in total. The van der Waals surface area contributed by atoms with E-state index in [1.54, 1.807) is 16.8 Å². The highest BCUT2D eigenvalue weighted by atomic mass is 19.1. The molecule has 2 amide bonds. The van der Waals surface area contributed by atoms with Gasteiger partial charge in [-0.3, -0.25) is 9.59 Å². The maximum absolute atomic E-state index is 15.7. The van der Waals surface area contributed by atoms with Gasteiger partial charge < -0.3 is 21.1 Å². The molecule has 0 fully saturated rings. The van der Waals surface area contributed by atoms with Crippen LogP contribution in [0.5, 0.6) is 5.75 Å². The maximum atomic E-state index is 15.7. The zero-order valence-electron chi connectivity index (χ0n) is 20.3. The van der Waals surface area contributed by atoms with Gasteiger partial charge in [0.15, 0.2) is 0 Å². The minimum absolute atomic E-state index is 0.0787. The van der Waals surface area contributed by atoms with Crippen LogP contribution in [0.3, 0.4) is 0 Å². The van der Waals surface area contributed by atoms with Crippen molar-refractivity contribution in [1.82, 2.24) is 14.8 Å². The summed E-state index contributed by atoms with van der Waals surface area (Å²) in [5.41, 5.74) is 8.16. The molecule has 188 valence electrons. The molecule has 0 spiro atoms. The van der Waals surface area contributed by atoms with Gasteiger partial charge in [0.1, 0.15) is 34.5 Å². The fraction of sp³-hybridized carbons (Fsp3) is 0.185. The molecule has 9 nitrogen and oxygen atoms in total. The zero-order chi connectivity index (χ0) is 26.1. The normalized spacial score (nSPS) is 12.1. The number of primary amides is 1. The number of nitrogens with two attached hydrogens (primary N) is 1. The second kappa shape index (κ2) is 9.73. The third kappa shape index (κ3) is 4.49. The molecule has 5 rings (SSSR count). The number of halogens is 1. The number of carbonyl (C=O) groups excluding carboxylic acids is 2. The van der Waals surface area contributed by atoms with Crippen LogP contribution in [-0.4, -0.2) is 33.2 Å². The molecule has 0 unspecified atom stereocenters. The monoisotopic (exact) mass is 500 g/mol. The van der Waals surface area contributed by atoms with E-state index in [0.29, 0.717) is 31.1 Å². The summed E-state index contributed by atoms with van der Waals surface area (Å²) in [6.45, 7) is 4.30. The fourth-order valence-electron chi connectivity index (χ4n) is 4.42. The first kappa shape index (κ1) is 24.0. The van der Waals surface area contributed by atoms with Gasteiger partial charge in [-0.25, -0.2) is 14.1 Å². The first-order valence-electron chi connectivity index (χ1n) is 11.8. The number of nitrogens with zero attached hydrogens (tertiary/aromatic N) is 3. The number of para-hydroxylation sites is 1. The van der Waals surface area contributed by atoms with Crippen molar-refractivity contribution in [3.63, 3.8) is 0 Å². The molecule has 0 atom stereocenters. The van der Waals surface area contributed by atoms with Crippen LogP contribution in [0.2, 0.25) is 0 Å². The number of aryl methyl sites for hydroxylation is 2. The van der Waals surface area contributed by atoms with Crippen LogP contribution in [0.15, 0.2) is 54.7 Å². The van der Waals surface area contributed by atoms with Gasteiger partial charge in [-0.2, -0.15) is 5.10 Å². The van der Waals surface area contributed by atoms with E-state index in [4.69, 9.17) is 10.5 Å². The number of carbonyl (C=O) groups is 2. The molecule has 0 saturated carbocycles. The molecule has 0 aliphatic carbocycles. The van der Waals surface area contributed by atoms with Gasteiger partial charge in [0.2, 0.25) is 0 Å². The Morgan fingerprint density at radius 1 is 1.22 bits per heavy atom. The van der Waals surface area contributed by atoms with Crippen LogP contribution < -0.4 is 21.1 Å². The smallest absolute Gasteiger partial charge is 0.257 e. The summed E-state index contributed by atoms with van der Waals surface area (Å²) in [5.74, 6) is -0.687. The summed E-state index contributed by atoms with van der Waals surface area (Å²) in [6, 6.07) is 13.9. The predicted octanol–water partition coefficient (Wildman–Crippen LogP) is 4.44. The van der Waals surface area contributed by atoms with E-state index < -0.39 is 17.6 Å². The van der Waals surface area contributed by atoms with Crippen LogP contribution in [-0.2, 0) is 13.0 Å². The Labute approximate surface area is 212 Å². The van der Waals surface area contributed by atoms with E-state index in [0.717, 1.165) is 11.3 Å². The molecule has 1 aliphatic rings. The van der Waals surface area contributed by atoms with Gasteiger partial charge in [-0.15, -0.1) is 0 Å². The Bertz CT molecular complexity index is 1530. The molecule has 0 radical (unpaired) electrons. The Morgan fingerprint density at radius 2 is 2.03 bits per heavy atom. The lowest BCUT2D eigenvalue weighted by Crippen LogP contribution is -2.16. The van der Waals surface area contributed by atoms with Crippen molar-refractivity contribution in [3.05, 3.63) is 82.8 Å². The Kier molecular flexibility index (Phi) is 6.31. The number of anilines is 3. The highest BCUT2D eigenvalue weighted by Gasteiger charge is 2.28. The summed E-state index contributed by atoms with van der Waals surface area (Å²) in [4.78, 5) is 29.6. The topological polar surface area (TPSA) is 124 Å². The van der Waals surface area contributed by atoms with Crippen LogP contribution in [0.1, 0.15) is 38.8 Å². The minimum atomic E-state index is -0.734.